The van der Waals surface area contributed by atoms with E-state index in [9.17, 15) is 4.79 Å². The summed E-state index contributed by atoms with van der Waals surface area (Å²) in [6, 6.07) is 15.8. The minimum Gasteiger partial charge on any atom is -0.410 e. The van der Waals surface area contributed by atoms with Gasteiger partial charge in [-0.05, 0) is 49.7 Å². The summed E-state index contributed by atoms with van der Waals surface area (Å²) in [4.78, 5) is 17.1. The van der Waals surface area contributed by atoms with Gasteiger partial charge in [-0.15, -0.1) is 0 Å². The predicted molar refractivity (Wildman–Crippen MR) is 107 cm³/mol. The molecule has 2 aromatic carbocycles. The third-order valence-electron chi connectivity index (χ3n) is 6.15. The van der Waals surface area contributed by atoms with Crippen LogP contribution in [0.25, 0.3) is 0 Å². The molecule has 2 aliphatic rings. The van der Waals surface area contributed by atoms with Gasteiger partial charge in [-0.2, -0.15) is 0 Å². The molecular formula is C22H27N3O2. The molecule has 5 nitrogen and oxygen atoms in total. The van der Waals surface area contributed by atoms with Crippen LogP contribution >= 0.6 is 0 Å². The number of likely N-dealkylation sites (N-methyl/N-ethyl adjacent to an activating group) is 2. The molecule has 0 saturated carbocycles. The Morgan fingerprint density at radius 2 is 1.96 bits per heavy atom. The molecule has 2 aromatic rings. The molecule has 1 amide bonds. The van der Waals surface area contributed by atoms with Crippen molar-refractivity contribution in [1.82, 2.24) is 10.2 Å². The molecule has 1 N–H and O–H groups in total. The van der Waals surface area contributed by atoms with Gasteiger partial charge in [-0.1, -0.05) is 37.3 Å². The summed E-state index contributed by atoms with van der Waals surface area (Å²) in [7, 11) is 4.32. The molecule has 0 bridgehead atoms. The highest BCUT2D eigenvalue weighted by Crippen LogP contribution is 2.51. The first-order valence-corrected chi connectivity index (χ1v) is 9.51. The van der Waals surface area contributed by atoms with Crippen molar-refractivity contribution >= 4 is 11.8 Å². The fourth-order valence-corrected chi connectivity index (χ4v) is 4.76. The lowest BCUT2D eigenvalue weighted by Gasteiger charge is -2.32. The molecule has 4 rings (SSSR count). The van der Waals surface area contributed by atoms with Crippen molar-refractivity contribution in [2.45, 2.75) is 37.9 Å². The van der Waals surface area contributed by atoms with E-state index in [0.29, 0.717) is 11.9 Å². The van der Waals surface area contributed by atoms with E-state index in [4.69, 9.17) is 4.74 Å². The number of ether oxygens (including phenoxy) is 1. The summed E-state index contributed by atoms with van der Waals surface area (Å²) in [5, 5.41) is 2.90. The fourth-order valence-electron chi connectivity index (χ4n) is 4.76. The monoisotopic (exact) mass is 365 g/mol. The van der Waals surface area contributed by atoms with Gasteiger partial charge in [0.15, 0.2) is 0 Å². The number of nitrogens with zero attached hydrogens (tertiary/aromatic N) is 2. The molecule has 3 atom stereocenters. The van der Waals surface area contributed by atoms with Crippen LogP contribution in [0.1, 0.15) is 37.4 Å². The number of fused-ring (bicyclic) bond motifs is 3. The van der Waals surface area contributed by atoms with Crippen molar-refractivity contribution in [3.05, 3.63) is 59.7 Å². The molecule has 0 aromatic heterocycles. The highest BCUT2D eigenvalue weighted by atomic mass is 16.6. The molecule has 1 saturated heterocycles. The second-order valence-electron chi connectivity index (χ2n) is 7.98. The van der Waals surface area contributed by atoms with Gasteiger partial charge in [0, 0.05) is 24.7 Å². The zero-order valence-electron chi connectivity index (χ0n) is 16.4. The molecule has 0 aliphatic carbocycles. The van der Waals surface area contributed by atoms with Gasteiger partial charge in [0.25, 0.3) is 0 Å². The van der Waals surface area contributed by atoms with Crippen molar-refractivity contribution in [2.75, 3.05) is 25.5 Å². The number of carbonyl (C=O) groups is 1. The van der Waals surface area contributed by atoms with E-state index in [0.717, 1.165) is 18.5 Å². The lowest BCUT2D eigenvalue weighted by atomic mass is 9.81. The Labute approximate surface area is 160 Å². The zero-order chi connectivity index (χ0) is 19.2. The molecule has 2 heterocycles. The van der Waals surface area contributed by atoms with Gasteiger partial charge in [0.1, 0.15) is 5.75 Å². The van der Waals surface area contributed by atoms with Crippen LogP contribution in [0.15, 0.2) is 48.5 Å². The molecule has 2 aliphatic heterocycles. The van der Waals surface area contributed by atoms with Crippen LogP contribution in [-0.2, 0) is 5.41 Å². The zero-order valence-corrected chi connectivity index (χ0v) is 16.4. The van der Waals surface area contributed by atoms with Gasteiger partial charge in [-0.3, -0.25) is 4.90 Å². The Kier molecular flexibility index (Phi) is 4.35. The third-order valence-corrected chi connectivity index (χ3v) is 6.15. The van der Waals surface area contributed by atoms with E-state index in [1.165, 1.54) is 11.3 Å². The number of likely N-dealkylation sites (tertiary alicyclic amines) is 1. The summed E-state index contributed by atoms with van der Waals surface area (Å²) in [6.45, 7) is 5.34. The summed E-state index contributed by atoms with van der Waals surface area (Å²) in [5.41, 5.74) is 3.60. The van der Waals surface area contributed by atoms with E-state index in [1.54, 1.807) is 0 Å². The number of carbonyl (C=O) groups excluding carboxylic acids is 1. The number of nitrogens with one attached hydrogen (secondary N) is 1. The van der Waals surface area contributed by atoms with E-state index in [-0.39, 0.29) is 11.5 Å². The van der Waals surface area contributed by atoms with Gasteiger partial charge in [0.05, 0.1) is 12.2 Å². The molecule has 0 unspecified atom stereocenters. The SMILES string of the molecule is C[C@H](NC(=O)Oc1ccc2c(c1)[C@]1(C)CCN(C)[C@@H]1N2C)c1ccccc1. The van der Waals surface area contributed by atoms with E-state index in [2.05, 4.69) is 42.2 Å². The molecule has 142 valence electrons. The Morgan fingerprint density at radius 3 is 2.70 bits per heavy atom. The van der Waals surface area contributed by atoms with Crippen LogP contribution in [0.5, 0.6) is 5.75 Å². The molecule has 5 heteroatoms. The highest BCUT2D eigenvalue weighted by Gasteiger charge is 2.52. The predicted octanol–water partition coefficient (Wildman–Crippen LogP) is 3.91. The standard InChI is InChI=1S/C22H27N3O2/c1-15(16-8-6-5-7-9-16)23-21(26)27-17-10-11-19-18(14-17)22(2)12-13-24(3)20(22)25(19)4/h5-11,14-15,20H,12-13H2,1-4H3,(H,23,26)/t15-,20+,22-/m0/s1. The average Bonchev–Trinajstić information content (AvgIpc) is 3.08. The van der Waals surface area contributed by atoms with Crippen LogP contribution in [0.4, 0.5) is 10.5 Å². The lowest BCUT2D eigenvalue weighted by molar-refractivity contribution is 0.197. The van der Waals surface area contributed by atoms with E-state index < -0.39 is 6.09 Å². The average molecular weight is 365 g/mol. The maximum atomic E-state index is 12.4. The van der Waals surface area contributed by atoms with Crippen LogP contribution in [-0.4, -0.2) is 37.8 Å². The number of amides is 1. The van der Waals surface area contributed by atoms with Crippen molar-refractivity contribution in [3.63, 3.8) is 0 Å². The Hall–Kier alpha value is -2.53. The number of benzene rings is 2. The Bertz CT molecular complexity index is 854. The number of anilines is 1. The molecule has 27 heavy (non-hydrogen) atoms. The van der Waals surface area contributed by atoms with Crippen molar-refractivity contribution in [3.8, 4) is 5.75 Å². The largest absolute Gasteiger partial charge is 0.413 e. The van der Waals surface area contributed by atoms with Gasteiger partial charge < -0.3 is 15.0 Å². The number of hydrogen-bond acceptors (Lipinski definition) is 4. The summed E-state index contributed by atoms with van der Waals surface area (Å²) >= 11 is 0. The minimum absolute atomic E-state index is 0.0615. The third kappa shape index (κ3) is 2.96. The fraction of sp³-hybridized carbons (Fsp3) is 0.409. The van der Waals surface area contributed by atoms with E-state index in [1.807, 2.05) is 49.4 Å². The maximum absolute atomic E-state index is 12.4. The topological polar surface area (TPSA) is 44.8 Å². The smallest absolute Gasteiger partial charge is 0.410 e. The van der Waals surface area contributed by atoms with Gasteiger partial charge >= 0.3 is 6.09 Å². The van der Waals surface area contributed by atoms with Gasteiger partial charge in [-0.25, -0.2) is 4.79 Å². The lowest BCUT2D eigenvalue weighted by Crippen LogP contribution is -2.45. The number of hydrogen-bond donors (Lipinski definition) is 1. The molecule has 0 radical (unpaired) electrons. The summed E-state index contributed by atoms with van der Waals surface area (Å²) in [6.07, 6.45) is 1.03. The first-order chi connectivity index (χ1) is 12.9. The van der Waals surface area contributed by atoms with Crippen LogP contribution in [0.3, 0.4) is 0 Å². The van der Waals surface area contributed by atoms with Crippen molar-refractivity contribution < 1.29 is 9.53 Å². The Balaban J connectivity index is 1.50. The van der Waals surface area contributed by atoms with Crippen LogP contribution in [0.2, 0.25) is 0 Å². The highest BCUT2D eigenvalue weighted by molar-refractivity contribution is 5.73. The minimum atomic E-state index is -0.428. The second kappa shape index (κ2) is 6.57. The first-order valence-electron chi connectivity index (χ1n) is 9.51. The first kappa shape index (κ1) is 17.9. The second-order valence-corrected chi connectivity index (χ2v) is 7.98. The molecule has 1 fully saturated rings. The van der Waals surface area contributed by atoms with Crippen molar-refractivity contribution in [2.24, 2.45) is 0 Å². The Morgan fingerprint density at radius 1 is 1.22 bits per heavy atom. The van der Waals surface area contributed by atoms with Crippen molar-refractivity contribution in [1.29, 1.82) is 0 Å². The summed E-state index contributed by atoms with van der Waals surface area (Å²) < 4.78 is 5.61. The maximum Gasteiger partial charge on any atom is 0.413 e. The summed E-state index contributed by atoms with van der Waals surface area (Å²) in [5.74, 6) is 0.594. The normalized spacial score (nSPS) is 25.0. The van der Waals surface area contributed by atoms with Crippen LogP contribution in [0, 0.1) is 0 Å². The molecule has 0 spiro atoms. The quantitative estimate of drug-likeness (QED) is 0.896. The van der Waals surface area contributed by atoms with Crippen LogP contribution < -0.4 is 15.0 Å². The van der Waals surface area contributed by atoms with E-state index >= 15 is 0 Å². The number of rotatable bonds is 3. The van der Waals surface area contributed by atoms with Gasteiger partial charge in [0.2, 0.25) is 0 Å². The molecular weight excluding hydrogens is 338 g/mol.